The predicted molar refractivity (Wildman–Crippen MR) is 60.4 cm³/mol. The smallest absolute Gasteiger partial charge is 0.232 e. The first-order valence-electron chi connectivity index (χ1n) is 5.04. The molecule has 0 saturated carbocycles. The maximum atomic E-state index is 5.54. The topological polar surface area (TPSA) is 47.0 Å². The highest BCUT2D eigenvalue weighted by Gasteiger charge is 2.13. The van der Waals surface area contributed by atoms with Gasteiger partial charge in [-0.25, -0.2) is 4.98 Å². The minimum absolute atomic E-state index is 0. The highest BCUT2D eigenvalue weighted by atomic mass is 35.5. The van der Waals surface area contributed by atoms with Crippen molar-refractivity contribution >= 4 is 12.4 Å². The van der Waals surface area contributed by atoms with E-state index in [0.717, 1.165) is 19.7 Å². The van der Waals surface area contributed by atoms with Gasteiger partial charge < -0.3 is 10.1 Å². The standard InChI is InChI=1S/C10H15N3O.ClH/c1-3-11-4-2-9(1)8-14-10-7-12-5-6-13-10;/h5-7,9,11H,1-4,8H2;1H. The average molecular weight is 230 g/mol. The van der Waals surface area contributed by atoms with Gasteiger partial charge in [0, 0.05) is 12.4 Å². The first kappa shape index (κ1) is 12.2. The van der Waals surface area contributed by atoms with E-state index >= 15 is 0 Å². The van der Waals surface area contributed by atoms with Gasteiger partial charge in [-0.2, -0.15) is 0 Å². The van der Waals surface area contributed by atoms with Crippen molar-refractivity contribution in [2.24, 2.45) is 5.92 Å². The van der Waals surface area contributed by atoms with E-state index < -0.39 is 0 Å². The SMILES string of the molecule is Cl.c1cnc(OCC2CCNCC2)cn1. The van der Waals surface area contributed by atoms with Crippen LogP contribution in [0.2, 0.25) is 0 Å². The van der Waals surface area contributed by atoms with Crippen LogP contribution in [0, 0.1) is 5.92 Å². The Bertz CT molecular complexity index is 265. The Morgan fingerprint density at radius 2 is 2.13 bits per heavy atom. The molecule has 2 rings (SSSR count). The van der Waals surface area contributed by atoms with Crippen molar-refractivity contribution in [2.45, 2.75) is 12.8 Å². The van der Waals surface area contributed by atoms with Crippen LogP contribution in [0.15, 0.2) is 18.6 Å². The summed E-state index contributed by atoms with van der Waals surface area (Å²) in [5.41, 5.74) is 0. The Morgan fingerprint density at radius 3 is 2.80 bits per heavy atom. The lowest BCUT2D eigenvalue weighted by atomic mass is 9.99. The van der Waals surface area contributed by atoms with Gasteiger partial charge in [-0.05, 0) is 31.8 Å². The summed E-state index contributed by atoms with van der Waals surface area (Å²) in [6.45, 7) is 2.98. The largest absolute Gasteiger partial charge is 0.476 e. The van der Waals surface area contributed by atoms with Crippen LogP contribution < -0.4 is 10.1 Å². The molecule has 15 heavy (non-hydrogen) atoms. The minimum Gasteiger partial charge on any atom is -0.476 e. The van der Waals surface area contributed by atoms with Crippen LogP contribution in [0.5, 0.6) is 5.88 Å². The number of nitrogens with one attached hydrogen (secondary N) is 1. The summed E-state index contributed by atoms with van der Waals surface area (Å²) < 4.78 is 5.54. The van der Waals surface area contributed by atoms with E-state index in [9.17, 15) is 0 Å². The quantitative estimate of drug-likeness (QED) is 0.848. The zero-order chi connectivity index (χ0) is 9.64. The lowest BCUT2D eigenvalue weighted by molar-refractivity contribution is 0.208. The average Bonchev–Trinajstić information content (AvgIpc) is 2.29. The molecule has 1 fully saturated rings. The zero-order valence-corrected chi connectivity index (χ0v) is 9.37. The molecular weight excluding hydrogens is 214 g/mol. The van der Waals surface area contributed by atoms with E-state index in [4.69, 9.17) is 4.74 Å². The summed E-state index contributed by atoms with van der Waals surface area (Å²) in [6.07, 6.45) is 7.34. The highest BCUT2D eigenvalue weighted by molar-refractivity contribution is 5.85. The van der Waals surface area contributed by atoms with Crippen molar-refractivity contribution in [3.05, 3.63) is 18.6 Å². The number of nitrogens with zero attached hydrogens (tertiary/aromatic N) is 2. The van der Waals surface area contributed by atoms with Crippen LogP contribution in [0.3, 0.4) is 0 Å². The number of piperidine rings is 1. The highest BCUT2D eigenvalue weighted by Crippen LogP contribution is 2.13. The summed E-state index contributed by atoms with van der Waals surface area (Å²) >= 11 is 0. The Morgan fingerprint density at radius 1 is 1.33 bits per heavy atom. The number of ether oxygens (including phenoxy) is 1. The lowest BCUT2D eigenvalue weighted by Gasteiger charge is -2.22. The van der Waals surface area contributed by atoms with Gasteiger partial charge in [0.2, 0.25) is 5.88 Å². The van der Waals surface area contributed by atoms with Crippen molar-refractivity contribution in [3.63, 3.8) is 0 Å². The van der Waals surface area contributed by atoms with Gasteiger partial charge in [0.25, 0.3) is 0 Å². The lowest BCUT2D eigenvalue weighted by Crippen LogP contribution is -2.30. The number of hydrogen-bond acceptors (Lipinski definition) is 4. The molecule has 0 radical (unpaired) electrons. The molecule has 0 bridgehead atoms. The van der Waals surface area contributed by atoms with Crippen LogP contribution >= 0.6 is 12.4 Å². The molecular formula is C10H16ClN3O. The van der Waals surface area contributed by atoms with E-state index in [2.05, 4.69) is 15.3 Å². The molecule has 84 valence electrons. The van der Waals surface area contributed by atoms with Crippen molar-refractivity contribution in [3.8, 4) is 5.88 Å². The van der Waals surface area contributed by atoms with Gasteiger partial charge in [0.05, 0.1) is 12.8 Å². The molecule has 0 aromatic carbocycles. The summed E-state index contributed by atoms with van der Waals surface area (Å²) in [7, 11) is 0. The molecule has 1 aliphatic rings. The van der Waals surface area contributed by atoms with E-state index in [1.165, 1.54) is 12.8 Å². The molecule has 1 aromatic heterocycles. The van der Waals surface area contributed by atoms with Crippen LogP contribution in [0.4, 0.5) is 0 Å². The normalized spacial score (nSPS) is 16.8. The van der Waals surface area contributed by atoms with E-state index in [1.54, 1.807) is 18.6 Å². The Labute approximate surface area is 95.9 Å². The molecule has 5 heteroatoms. The predicted octanol–water partition coefficient (Wildman–Crippen LogP) is 1.28. The van der Waals surface area contributed by atoms with E-state index in [0.29, 0.717) is 11.8 Å². The molecule has 0 unspecified atom stereocenters. The van der Waals surface area contributed by atoms with Crippen LogP contribution in [0.25, 0.3) is 0 Å². The number of aromatic nitrogens is 2. The molecule has 1 aliphatic heterocycles. The molecule has 0 spiro atoms. The van der Waals surface area contributed by atoms with E-state index in [-0.39, 0.29) is 12.4 Å². The third kappa shape index (κ3) is 4.01. The third-order valence-electron chi connectivity index (χ3n) is 2.47. The van der Waals surface area contributed by atoms with Gasteiger partial charge in [-0.15, -0.1) is 12.4 Å². The molecule has 4 nitrogen and oxygen atoms in total. The maximum Gasteiger partial charge on any atom is 0.232 e. The zero-order valence-electron chi connectivity index (χ0n) is 8.56. The molecule has 2 heterocycles. The second-order valence-electron chi connectivity index (χ2n) is 3.55. The molecule has 1 saturated heterocycles. The summed E-state index contributed by atoms with van der Waals surface area (Å²) in [6, 6.07) is 0. The monoisotopic (exact) mass is 229 g/mol. The fourth-order valence-corrected chi connectivity index (χ4v) is 1.61. The summed E-state index contributed by atoms with van der Waals surface area (Å²) in [5, 5.41) is 3.33. The van der Waals surface area contributed by atoms with Gasteiger partial charge in [0.1, 0.15) is 0 Å². The van der Waals surface area contributed by atoms with Crippen LogP contribution in [-0.4, -0.2) is 29.7 Å². The third-order valence-corrected chi connectivity index (χ3v) is 2.47. The first-order valence-corrected chi connectivity index (χ1v) is 5.04. The fraction of sp³-hybridized carbons (Fsp3) is 0.600. The van der Waals surface area contributed by atoms with Crippen molar-refractivity contribution in [2.75, 3.05) is 19.7 Å². The second kappa shape index (κ2) is 6.58. The van der Waals surface area contributed by atoms with Crippen LogP contribution in [-0.2, 0) is 0 Å². The maximum absolute atomic E-state index is 5.54. The Balaban J connectivity index is 0.00000112. The molecule has 1 N–H and O–H groups in total. The summed E-state index contributed by atoms with van der Waals surface area (Å²) in [5.74, 6) is 1.30. The van der Waals surface area contributed by atoms with Gasteiger partial charge in [-0.3, -0.25) is 4.98 Å². The Hall–Kier alpha value is -0.870. The van der Waals surface area contributed by atoms with Crippen molar-refractivity contribution < 1.29 is 4.74 Å². The Kier molecular flexibility index (Phi) is 5.36. The van der Waals surface area contributed by atoms with E-state index in [1.807, 2.05) is 0 Å². The van der Waals surface area contributed by atoms with Gasteiger partial charge in [-0.1, -0.05) is 0 Å². The molecule has 1 aromatic rings. The van der Waals surface area contributed by atoms with Gasteiger partial charge >= 0.3 is 0 Å². The molecule has 0 atom stereocenters. The number of rotatable bonds is 3. The summed E-state index contributed by atoms with van der Waals surface area (Å²) in [4.78, 5) is 8.01. The van der Waals surface area contributed by atoms with Crippen LogP contribution in [0.1, 0.15) is 12.8 Å². The molecule has 0 aliphatic carbocycles. The number of hydrogen-bond donors (Lipinski definition) is 1. The first-order chi connectivity index (χ1) is 6.95. The fourth-order valence-electron chi connectivity index (χ4n) is 1.61. The number of halogens is 1. The minimum atomic E-state index is 0. The second-order valence-corrected chi connectivity index (χ2v) is 3.55. The van der Waals surface area contributed by atoms with Gasteiger partial charge in [0.15, 0.2) is 0 Å². The van der Waals surface area contributed by atoms with Crippen molar-refractivity contribution in [1.29, 1.82) is 0 Å². The molecule has 0 amide bonds. The van der Waals surface area contributed by atoms with Crippen molar-refractivity contribution in [1.82, 2.24) is 15.3 Å².